The first-order valence-corrected chi connectivity index (χ1v) is 8.15. The van der Waals surface area contributed by atoms with Gasteiger partial charge in [-0.25, -0.2) is 22.0 Å². The van der Waals surface area contributed by atoms with Crippen LogP contribution in [0.3, 0.4) is 0 Å². The lowest BCUT2D eigenvalue weighted by molar-refractivity contribution is 0.0690. The Morgan fingerprint density at radius 1 is 1.08 bits per heavy atom. The van der Waals surface area contributed by atoms with E-state index in [1.165, 1.54) is 32.4 Å². The molecular formula is C15H13F2NO6S. The monoisotopic (exact) mass is 373 g/mol. The van der Waals surface area contributed by atoms with E-state index in [1.54, 1.807) is 0 Å². The third-order valence-electron chi connectivity index (χ3n) is 3.18. The van der Waals surface area contributed by atoms with Crippen LogP contribution in [0.4, 0.5) is 14.5 Å². The molecule has 0 unspecified atom stereocenters. The van der Waals surface area contributed by atoms with Gasteiger partial charge in [-0.2, -0.15) is 0 Å². The summed E-state index contributed by atoms with van der Waals surface area (Å²) in [5.41, 5.74) is -1.04. The summed E-state index contributed by atoms with van der Waals surface area (Å²) in [7, 11) is -1.62. The molecule has 25 heavy (non-hydrogen) atoms. The summed E-state index contributed by atoms with van der Waals surface area (Å²) in [5, 5.41) is 8.84. The zero-order valence-electron chi connectivity index (χ0n) is 13.0. The van der Waals surface area contributed by atoms with Gasteiger partial charge in [-0.05, 0) is 24.3 Å². The van der Waals surface area contributed by atoms with E-state index in [2.05, 4.69) is 4.72 Å². The molecule has 0 saturated heterocycles. The Hall–Kier alpha value is -2.88. The molecule has 2 N–H and O–H groups in total. The van der Waals surface area contributed by atoms with Crippen LogP contribution in [0.15, 0.2) is 35.2 Å². The first-order valence-electron chi connectivity index (χ1n) is 6.66. The number of anilines is 1. The molecule has 0 aromatic heterocycles. The van der Waals surface area contributed by atoms with Crippen molar-refractivity contribution in [3.63, 3.8) is 0 Å². The molecule has 0 saturated carbocycles. The molecule has 0 spiro atoms. The molecule has 0 atom stereocenters. The van der Waals surface area contributed by atoms with Crippen LogP contribution in [-0.4, -0.2) is 33.7 Å². The fourth-order valence-corrected chi connectivity index (χ4v) is 3.08. The normalized spacial score (nSPS) is 11.0. The number of carboxylic acids is 1. The van der Waals surface area contributed by atoms with Crippen molar-refractivity contribution in [3.8, 4) is 11.5 Å². The van der Waals surface area contributed by atoms with Crippen molar-refractivity contribution in [1.82, 2.24) is 0 Å². The molecule has 0 aliphatic heterocycles. The van der Waals surface area contributed by atoms with Crippen molar-refractivity contribution >= 4 is 21.7 Å². The topological polar surface area (TPSA) is 102 Å². The van der Waals surface area contributed by atoms with E-state index in [1.807, 2.05) is 0 Å². The molecule has 0 fully saturated rings. The number of rotatable bonds is 6. The Kier molecular flexibility index (Phi) is 5.12. The fraction of sp³-hybridized carbons (Fsp3) is 0.133. The van der Waals surface area contributed by atoms with E-state index in [9.17, 15) is 22.0 Å². The average Bonchev–Trinajstić information content (AvgIpc) is 2.56. The average molecular weight is 373 g/mol. The predicted octanol–water partition coefficient (Wildman–Crippen LogP) is 2.48. The molecule has 2 aromatic carbocycles. The minimum Gasteiger partial charge on any atom is -0.493 e. The highest BCUT2D eigenvalue weighted by molar-refractivity contribution is 7.92. The Morgan fingerprint density at radius 3 is 2.28 bits per heavy atom. The van der Waals surface area contributed by atoms with E-state index in [0.717, 1.165) is 0 Å². The molecule has 7 nitrogen and oxygen atoms in total. The summed E-state index contributed by atoms with van der Waals surface area (Å²) >= 11 is 0. The smallest absolute Gasteiger partial charge is 0.338 e. The number of methoxy groups -OCH3 is 2. The van der Waals surface area contributed by atoms with Gasteiger partial charge in [0.25, 0.3) is 10.0 Å². The summed E-state index contributed by atoms with van der Waals surface area (Å²) in [5.74, 6) is -4.43. The van der Waals surface area contributed by atoms with Crippen molar-refractivity contribution in [2.45, 2.75) is 4.90 Å². The number of hydrogen-bond donors (Lipinski definition) is 2. The highest BCUT2D eigenvalue weighted by Crippen LogP contribution is 2.31. The van der Waals surface area contributed by atoms with Crippen LogP contribution in [0, 0.1) is 11.6 Å². The Morgan fingerprint density at radius 2 is 1.72 bits per heavy atom. The maximum absolute atomic E-state index is 13.5. The van der Waals surface area contributed by atoms with Gasteiger partial charge in [-0.15, -0.1) is 0 Å². The Bertz CT molecular complexity index is 930. The van der Waals surface area contributed by atoms with Crippen LogP contribution in [-0.2, 0) is 10.0 Å². The lowest BCUT2D eigenvalue weighted by atomic mass is 10.2. The first-order chi connectivity index (χ1) is 11.7. The minimum absolute atomic E-state index is 0.0549. The predicted molar refractivity (Wildman–Crippen MR) is 83.7 cm³/mol. The second kappa shape index (κ2) is 6.93. The molecule has 2 rings (SSSR count). The van der Waals surface area contributed by atoms with Gasteiger partial charge in [-0.3, -0.25) is 4.72 Å². The van der Waals surface area contributed by atoms with Gasteiger partial charge in [0.15, 0.2) is 23.1 Å². The molecule has 0 aliphatic rings. The van der Waals surface area contributed by atoms with Crippen molar-refractivity contribution in [2.75, 3.05) is 18.9 Å². The maximum atomic E-state index is 13.5. The van der Waals surface area contributed by atoms with E-state index >= 15 is 0 Å². The summed E-state index contributed by atoms with van der Waals surface area (Å²) in [6, 6.07) is 5.03. The summed E-state index contributed by atoms with van der Waals surface area (Å²) in [6.07, 6.45) is 0. The third kappa shape index (κ3) is 3.79. The molecule has 0 radical (unpaired) electrons. The Balaban J connectivity index is 2.45. The molecule has 10 heteroatoms. The highest BCUT2D eigenvalue weighted by Gasteiger charge is 2.23. The van der Waals surface area contributed by atoms with Crippen LogP contribution in [0.1, 0.15) is 10.4 Å². The number of aromatic carboxylic acids is 1. The van der Waals surface area contributed by atoms with E-state index in [4.69, 9.17) is 14.6 Å². The SMILES string of the molecule is COc1ccc(NS(=O)(=O)c2cc(F)c(F)c(C(=O)O)c2)cc1OC. The van der Waals surface area contributed by atoms with E-state index in [0.29, 0.717) is 17.9 Å². The van der Waals surface area contributed by atoms with Gasteiger partial charge >= 0.3 is 5.97 Å². The molecule has 0 heterocycles. The van der Waals surface area contributed by atoms with Gasteiger partial charge in [0.05, 0.1) is 30.4 Å². The number of nitrogens with one attached hydrogen (secondary N) is 1. The Labute approximate surface area is 141 Å². The van der Waals surface area contributed by atoms with Crippen LogP contribution >= 0.6 is 0 Å². The largest absolute Gasteiger partial charge is 0.493 e. The van der Waals surface area contributed by atoms with Gasteiger partial charge in [0, 0.05) is 6.07 Å². The first kappa shape index (κ1) is 18.5. The van der Waals surface area contributed by atoms with Crippen LogP contribution in [0.5, 0.6) is 11.5 Å². The zero-order chi connectivity index (χ0) is 18.8. The molecule has 0 amide bonds. The zero-order valence-corrected chi connectivity index (χ0v) is 13.9. The number of carboxylic acid groups (broad SMARTS) is 1. The molecule has 134 valence electrons. The number of benzene rings is 2. The lowest BCUT2D eigenvalue weighted by Gasteiger charge is -2.12. The van der Waals surface area contributed by atoms with Crippen LogP contribution in [0.2, 0.25) is 0 Å². The standard InChI is InChI=1S/C15H13F2NO6S/c1-23-12-4-3-8(5-13(12)24-2)18-25(21,22)9-6-10(15(19)20)14(17)11(16)7-9/h3-7,18H,1-2H3,(H,19,20). The second-order valence-electron chi connectivity index (χ2n) is 4.75. The number of hydrogen-bond acceptors (Lipinski definition) is 5. The second-order valence-corrected chi connectivity index (χ2v) is 6.43. The summed E-state index contributed by atoms with van der Waals surface area (Å²) < 4.78 is 63.8. The quantitative estimate of drug-likeness (QED) is 0.807. The molecule has 0 aliphatic carbocycles. The van der Waals surface area contributed by atoms with E-state index in [-0.39, 0.29) is 11.4 Å². The number of ether oxygens (including phenoxy) is 2. The maximum Gasteiger partial charge on any atom is 0.338 e. The van der Waals surface area contributed by atoms with Gasteiger partial charge < -0.3 is 14.6 Å². The summed E-state index contributed by atoms with van der Waals surface area (Å²) in [4.78, 5) is 10.2. The molecule has 2 aromatic rings. The lowest BCUT2D eigenvalue weighted by Crippen LogP contribution is -2.15. The van der Waals surface area contributed by atoms with Crippen molar-refractivity contribution < 1.29 is 36.6 Å². The minimum atomic E-state index is -4.37. The van der Waals surface area contributed by atoms with Crippen molar-refractivity contribution in [3.05, 3.63) is 47.5 Å². The number of sulfonamides is 1. The van der Waals surface area contributed by atoms with Gasteiger partial charge in [0.1, 0.15) is 0 Å². The highest BCUT2D eigenvalue weighted by atomic mass is 32.2. The van der Waals surface area contributed by atoms with Crippen molar-refractivity contribution in [1.29, 1.82) is 0 Å². The van der Waals surface area contributed by atoms with Crippen LogP contribution < -0.4 is 14.2 Å². The number of carbonyl (C=O) groups is 1. The molecular weight excluding hydrogens is 360 g/mol. The summed E-state index contributed by atoms with van der Waals surface area (Å²) in [6.45, 7) is 0. The van der Waals surface area contributed by atoms with E-state index < -0.39 is 38.1 Å². The fourth-order valence-electron chi connectivity index (χ4n) is 1.99. The van der Waals surface area contributed by atoms with Crippen molar-refractivity contribution in [2.24, 2.45) is 0 Å². The van der Waals surface area contributed by atoms with Gasteiger partial charge in [0.2, 0.25) is 0 Å². The molecule has 0 bridgehead atoms. The van der Waals surface area contributed by atoms with Crippen LogP contribution in [0.25, 0.3) is 0 Å². The number of halogens is 2. The van der Waals surface area contributed by atoms with Gasteiger partial charge in [-0.1, -0.05) is 0 Å². The third-order valence-corrected chi connectivity index (χ3v) is 4.54.